The predicted molar refractivity (Wildman–Crippen MR) is 86.6 cm³/mol. The molecule has 2 fully saturated rings. The zero-order valence-corrected chi connectivity index (χ0v) is 14.3. The number of likely N-dealkylation sites (N-methyl/N-ethyl adjacent to an activating group) is 1. The summed E-state index contributed by atoms with van der Waals surface area (Å²) in [5.74, 6) is 0.00466. The number of hydrogen-bond donors (Lipinski definition) is 0. The largest absolute Gasteiger partial charge is 0.372 e. The van der Waals surface area contributed by atoms with Gasteiger partial charge in [0.25, 0.3) is 5.91 Å². The van der Waals surface area contributed by atoms with Crippen LogP contribution in [0.3, 0.4) is 0 Å². The van der Waals surface area contributed by atoms with E-state index in [4.69, 9.17) is 9.47 Å². The molecule has 1 aromatic rings. The first-order valence-electron chi connectivity index (χ1n) is 7.84. The molecule has 0 spiro atoms. The number of fused-ring (bicyclic) bond motifs is 1. The molecule has 1 saturated carbocycles. The third kappa shape index (κ3) is 3.41. The lowest BCUT2D eigenvalue weighted by Gasteiger charge is -2.39. The second-order valence-electron chi connectivity index (χ2n) is 6.13. The number of rotatable bonds is 4. The minimum absolute atomic E-state index is 0.0376. The fourth-order valence-corrected chi connectivity index (χ4v) is 3.84. The van der Waals surface area contributed by atoms with Crippen LogP contribution < -0.4 is 0 Å². The second-order valence-corrected chi connectivity index (χ2v) is 6.91. The Morgan fingerprint density at radius 1 is 1.43 bits per heavy atom. The van der Waals surface area contributed by atoms with E-state index in [0.29, 0.717) is 13.2 Å². The van der Waals surface area contributed by atoms with Crippen LogP contribution in [0.15, 0.2) is 16.8 Å². The van der Waals surface area contributed by atoms with Gasteiger partial charge in [-0.25, -0.2) is 0 Å². The first-order valence-corrected chi connectivity index (χ1v) is 8.78. The summed E-state index contributed by atoms with van der Waals surface area (Å²) in [5, 5.41) is 3.80. The summed E-state index contributed by atoms with van der Waals surface area (Å²) >= 11 is 1.53. The van der Waals surface area contributed by atoms with Crippen LogP contribution in [0.25, 0.3) is 0 Å². The molecule has 1 aromatic heterocycles. The van der Waals surface area contributed by atoms with Gasteiger partial charge in [0.1, 0.15) is 12.7 Å². The van der Waals surface area contributed by atoms with E-state index in [0.717, 1.165) is 18.4 Å². The maximum absolute atomic E-state index is 12.6. The topological polar surface area (TPSA) is 59.1 Å². The van der Waals surface area contributed by atoms with Gasteiger partial charge in [-0.3, -0.25) is 9.59 Å². The first-order chi connectivity index (χ1) is 11.1. The van der Waals surface area contributed by atoms with Crippen molar-refractivity contribution in [2.24, 2.45) is 0 Å². The maximum atomic E-state index is 12.6. The van der Waals surface area contributed by atoms with E-state index in [1.165, 1.54) is 16.2 Å². The van der Waals surface area contributed by atoms with Gasteiger partial charge in [-0.15, -0.1) is 0 Å². The van der Waals surface area contributed by atoms with Crippen molar-refractivity contribution in [2.45, 2.75) is 31.1 Å². The SMILES string of the molecule is CN(C)C(=O)CO[C@@H]1CC[C@H]2[C@H]1OCCN2C(=O)c1ccsc1. The minimum Gasteiger partial charge on any atom is -0.372 e. The summed E-state index contributed by atoms with van der Waals surface area (Å²) in [6.07, 6.45) is 1.40. The van der Waals surface area contributed by atoms with Crippen LogP contribution in [0.4, 0.5) is 0 Å². The lowest BCUT2D eigenvalue weighted by atomic mass is 10.1. The van der Waals surface area contributed by atoms with Crippen molar-refractivity contribution < 1.29 is 19.1 Å². The van der Waals surface area contributed by atoms with Crippen LogP contribution in [0.5, 0.6) is 0 Å². The normalized spacial score (nSPS) is 26.9. The van der Waals surface area contributed by atoms with Gasteiger partial charge < -0.3 is 19.3 Å². The van der Waals surface area contributed by atoms with Gasteiger partial charge >= 0.3 is 0 Å². The third-order valence-corrected chi connectivity index (χ3v) is 5.17. The average Bonchev–Trinajstić information content (AvgIpc) is 3.21. The molecule has 1 aliphatic heterocycles. The van der Waals surface area contributed by atoms with E-state index in [1.54, 1.807) is 14.1 Å². The summed E-state index contributed by atoms with van der Waals surface area (Å²) in [7, 11) is 3.42. The smallest absolute Gasteiger partial charge is 0.255 e. The molecule has 7 heteroatoms. The Balaban J connectivity index is 1.63. The Hall–Kier alpha value is -1.44. The van der Waals surface area contributed by atoms with Gasteiger partial charge in [0.05, 0.1) is 24.3 Å². The molecule has 126 valence electrons. The summed E-state index contributed by atoms with van der Waals surface area (Å²) < 4.78 is 11.6. The quantitative estimate of drug-likeness (QED) is 0.828. The standard InChI is InChI=1S/C16H22N2O4S/c1-17(2)14(19)9-22-13-4-3-12-15(13)21-7-6-18(12)16(20)11-5-8-23-10-11/h5,8,10,12-13,15H,3-4,6-7,9H2,1-2H3/t12-,13+,15+/m0/s1. The van der Waals surface area contributed by atoms with E-state index < -0.39 is 0 Å². The highest BCUT2D eigenvalue weighted by Crippen LogP contribution is 2.33. The summed E-state index contributed by atoms with van der Waals surface area (Å²) in [6.45, 7) is 1.18. The fourth-order valence-electron chi connectivity index (χ4n) is 3.21. The zero-order valence-electron chi connectivity index (χ0n) is 13.4. The van der Waals surface area contributed by atoms with Crippen molar-refractivity contribution in [3.63, 3.8) is 0 Å². The molecular weight excluding hydrogens is 316 g/mol. The molecule has 1 aliphatic carbocycles. The lowest BCUT2D eigenvalue weighted by molar-refractivity contribution is -0.142. The Morgan fingerprint density at radius 2 is 2.26 bits per heavy atom. The summed E-state index contributed by atoms with van der Waals surface area (Å²) in [5.41, 5.74) is 0.739. The number of amides is 2. The van der Waals surface area contributed by atoms with Crippen LogP contribution >= 0.6 is 11.3 Å². The van der Waals surface area contributed by atoms with E-state index in [9.17, 15) is 9.59 Å². The highest BCUT2D eigenvalue weighted by Gasteiger charge is 2.45. The van der Waals surface area contributed by atoms with Gasteiger partial charge in [-0.05, 0) is 24.3 Å². The van der Waals surface area contributed by atoms with E-state index >= 15 is 0 Å². The number of ether oxygens (including phenoxy) is 2. The Labute approximate surface area is 140 Å². The second kappa shape index (κ2) is 6.98. The summed E-state index contributed by atoms with van der Waals surface area (Å²) in [4.78, 5) is 27.7. The van der Waals surface area contributed by atoms with Gasteiger partial charge in [0.2, 0.25) is 5.91 Å². The number of carbonyl (C=O) groups excluding carboxylic acids is 2. The molecule has 2 heterocycles. The number of morpholine rings is 1. The molecule has 0 radical (unpaired) electrons. The Morgan fingerprint density at radius 3 is 2.96 bits per heavy atom. The average molecular weight is 338 g/mol. The molecule has 2 aliphatic rings. The van der Waals surface area contributed by atoms with Crippen molar-refractivity contribution in [1.29, 1.82) is 0 Å². The maximum Gasteiger partial charge on any atom is 0.255 e. The minimum atomic E-state index is -0.138. The molecule has 0 aromatic carbocycles. The molecule has 0 N–H and O–H groups in total. The molecular formula is C16H22N2O4S. The fraction of sp³-hybridized carbons (Fsp3) is 0.625. The van der Waals surface area contributed by atoms with Crippen molar-refractivity contribution in [3.8, 4) is 0 Å². The Bertz CT molecular complexity index is 560. The molecule has 1 saturated heterocycles. The number of carbonyl (C=O) groups is 2. The summed E-state index contributed by atoms with van der Waals surface area (Å²) in [6, 6.07) is 1.89. The van der Waals surface area contributed by atoms with Crippen molar-refractivity contribution in [2.75, 3.05) is 33.9 Å². The van der Waals surface area contributed by atoms with Gasteiger partial charge in [0.15, 0.2) is 0 Å². The van der Waals surface area contributed by atoms with Crippen LogP contribution in [0.1, 0.15) is 23.2 Å². The van der Waals surface area contributed by atoms with E-state index in [2.05, 4.69) is 0 Å². The number of hydrogen-bond acceptors (Lipinski definition) is 5. The highest BCUT2D eigenvalue weighted by molar-refractivity contribution is 7.08. The van der Waals surface area contributed by atoms with Crippen molar-refractivity contribution >= 4 is 23.2 Å². The third-order valence-electron chi connectivity index (χ3n) is 4.48. The van der Waals surface area contributed by atoms with Crippen LogP contribution in [0.2, 0.25) is 0 Å². The molecule has 2 amide bonds. The molecule has 3 rings (SSSR count). The van der Waals surface area contributed by atoms with Crippen molar-refractivity contribution in [3.05, 3.63) is 22.4 Å². The molecule has 0 unspecified atom stereocenters. The van der Waals surface area contributed by atoms with E-state index in [-0.39, 0.29) is 36.7 Å². The van der Waals surface area contributed by atoms with Crippen LogP contribution in [-0.2, 0) is 14.3 Å². The molecule has 6 nitrogen and oxygen atoms in total. The van der Waals surface area contributed by atoms with Gasteiger partial charge in [0, 0.05) is 26.0 Å². The molecule has 0 bridgehead atoms. The predicted octanol–water partition coefficient (Wildman–Crippen LogP) is 1.22. The van der Waals surface area contributed by atoms with E-state index in [1.807, 2.05) is 21.7 Å². The van der Waals surface area contributed by atoms with Crippen molar-refractivity contribution in [1.82, 2.24) is 9.80 Å². The van der Waals surface area contributed by atoms with Gasteiger partial charge in [-0.2, -0.15) is 11.3 Å². The Kier molecular flexibility index (Phi) is 4.99. The zero-order chi connectivity index (χ0) is 16.4. The van der Waals surface area contributed by atoms with Crippen LogP contribution in [0, 0.1) is 0 Å². The monoisotopic (exact) mass is 338 g/mol. The van der Waals surface area contributed by atoms with Crippen LogP contribution in [-0.4, -0.2) is 73.7 Å². The first kappa shape index (κ1) is 16.4. The lowest BCUT2D eigenvalue weighted by Crippen LogP contribution is -2.54. The van der Waals surface area contributed by atoms with Gasteiger partial charge in [-0.1, -0.05) is 0 Å². The number of nitrogens with zero attached hydrogens (tertiary/aromatic N) is 2. The molecule has 3 atom stereocenters. The highest BCUT2D eigenvalue weighted by atomic mass is 32.1. The molecule has 23 heavy (non-hydrogen) atoms. The number of thiophene rings is 1.